The quantitative estimate of drug-likeness (QED) is 0.346. The van der Waals surface area contributed by atoms with Crippen molar-refractivity contribution in [2.75, 3.05) is 18.5 Å². The Hall–Kier alpha value is -1.90. The number of hydrogen-bond donors (Lipinski definition) is 4. The van der Waals surface area contributed by atoms with Crippen LogP contribution in [0.25, 0.3) is 11.2 Å². The molecule has 30 heavy (non-hydrogen) atoms. The molecule has 3 rings (SSSR count). The van der Waals surface area contributed by atoms with E-state index in [1.165, 1.54) is 36.5 Å². The van der Waals surface area contributed by atoms with Crippen molar-refractivity contribution in [1.82, 2.24) is 19.5 Å². The number of nitrogens with one attached hydrogen (secondary N) is 1. The van der Waals surface area contributed by atoms with E-state index in [0.29, 0.717) is 17.0 Å². The molecule has 0 amide bonds. The standard InChI is InChI=1S/C17H28N6O6S/c1-2-3-4-5-6-7-19-15-12-16(21-9-20-15)23(10-22-12)17-14(25)13(24)11(29-17)8-28-30(18,26)27/h9-11,13-14,17,24-25H,2-8H2,1H3,(H2,18,26,27)(H,19,20,21)/t11-,13-,14-,17-/m1/s1. The molecule has 3 heterocycles. The van der Waals surface area contributed by atoms with Gasteiger partial charge in [0.25, 0.3) is 0 Å². The Labute approximate surface area is 174 Å². The number of aliphatic hydroxyl groups is 2. The highest BCUT2D eigenvalue weighted by atomic mass is 32.2. The first kappa shape index (κ1) is 22.8. The van der Waals surface area contributed by atoms with E-state index in [9.17, 15) is 18.6 Å². The number of nitrogens with two attached hydrogens (primary N) is 1. The Bertz CT molecular complexity index is 938. The molecule has 168 valence electrons. The SMILES string of the molecule is CCCCCCCNc1ncnc2c1ncn2[C@@H]1O[C@H](COS(N)(=O)=O)[C@@H](O)[C@H]1O. The summed E-state index contributed by atoms with van der Waals surface area (Å²) in [5, 5.41) is 28.6. The van der Waals surface area contributed by atoms with E-state index in [1.54, 1.807) is 0 Å². The van der Waals surface area contributed by atoms with Crippen LogP contribution in [0.4, 0.5) is 5.82 Å². The van der Waals surface area contributed by atoms with Crippen LogP contribution >= 0.6 is 0 Å². The molecule has 0 saturated carbocycles. The molecule has 13 heteroatoms. The summed E-state index contributed by atoms with van der Waals surface area (Å²) in [6.07, 6.45) is 3.70. The molecule has 0 aromatic carbocycles. The molecule has 0 spiro atoms. The summed E-state index contributed by atoms with van der Waals surface area (Å²) >= 11 is 0. The Balaban J connectivity index is 1.69. The molecule has 2 aromatic heterocycles. The number of rotatable bonds is 11. The summed E-state index contributed by atoms with van der Waals surface area (Å²) < 4.78 is 33.5. The second-order valence-electron chi connectivity index (χ2n) is 7.21. The van der Waals surface area contributed by atoms with E-state index in [4.69, 9.17) is 9.88 Å². The number of unbranched alkanes of at least 4 members (excludes halogenated alkanes) is 4. The zero-order chi connectivity index (χ0) is 21.7. The van der Waals surface area contributed by atoms with Gasteiger partial charge in [-0.3, -0.25) is 8.75 Å². The van der Waals surface area contributed by atoms with Gasteiger partial charge in [-0.25, -0.2) is 20.1 Å². The number of aliphatic hydroxyl groups excluding tert-OH is 2. The second-order valence-corrected chi connectivity index (χ2v) is 8.43. The van der Waals surface area contributed by atoms with Gasteiger partial charge < -0.3 is 20.3 Å². The minimum Gasteiger partial charge on any atom is -0.387 e. The number of aromatic nitrogens is 4. The fraction of sp³-hybridized carbons (Fsp3) is 0.706. The van der Waals surface area contributed by atoms with Gasteiger partial charge in [0, 0.05) is 6.54 Å². The maximum absolute atomic E-state index is 11.0. The average Bonchev–Trinajstić information content (AvgIpc) is 3.25. The lowest BCUT2D eigenvalue weighted by molar-refractivity contribution is -0.0467. The highest BCUT2D eigenvalue weighted by molar-refractivity contribution is 7.84. The van der Waals surface area contributed by atoms with Crippen LogP contribution in [-0.4, -0.2) is 69.6 Å². The lowest BCUT2D eigenvalue weighted by Crippen LogP contribution is -2.35. The number of nitrogens with zero attached hydrogens (tertiary/aromatic N) is 4. The average molecular weight is 445 g/mol. The van der Waals surface area contributed by atoms with Crippen molar-refractivity contribution in [1.29, 1.82) is 0 Å². The highest BCUT2D eigenvalue weighted by Crippen LogP contribution is 2.32. The summed E-state index contributed by atoms with van der Waals surface area (Å²) in [7, 11) is -4.20. The first-order chi connectivity index (χ1) is 14.3. The largest absolute Gasteiger partial charge is 0.387 e. The topological polar surface area (TPSA) is 175 Å². The van der Waals surface area contributed by atoms with Crippen LogP contribution in [0.3, 0.4) is 0 Å². The number of anilines is 1. The normalized spacial score (nSPS) is 24.5. The van der Waals surface area contributed by atoms with E-state index in [-0.39, 0.29) is 0 Å². The van der Waals surface area contributed by atoms with E-state index in [0.717, 1.165) is 19.4 Å². The van der Waals surface area contributed by atoms with Gasteiger partial charge in [-0.2, -0.15) is 8.42 Å². The Morgan fingerprint density at radius 1 is 1.20 bits per heavy atom. The molecule has 1 fully saturated rings. The summed E-state index contributed by atoms with van der Waals surface area (Å²) in [4.78, 5) is 12.8. The third-order valence-corrected chi connectivity index (χ3v) is 5.40. The molecule has 12 nitrogen and oxygen atoms in total. The van der Waals surface area contributed by atoms with Crippen molar-refractivity contribution in [2.24, 2.45) is 5.14 Å². The van der Waals surface area contributed by atoms with Crippen LogP contribution in [0, 0.1) is 0 Å². The third kappa shape index (κ3) is 5.42. The lowest BCUT2D eigenvalue weighted by Gasteiger charge is -2.16. The molecule has 1 aliphatic rings. The highest BCUT2D eigenvalue weighted by Gasteiger charge is 2.44. The molecule has 2 aromatic rings. The number of imidazole rings is 1. The van der Waals surface area contributed by atoms with E-state index in [1.807, 2.05) is 0 Å². The maximum Gasteiger partial charge on any atom is 0.333 e. The van der Waals surface area contributed by atoms with Crippen LogP contribution in [0.1, 0.15) is 45.3 Å². The lowest BCUT2D eigenvalue weighted by atomic mass is 10.1. The fourth-order valence-corrected chi connectivity index (χ4v) is 3.69. The molecule has 0 bridgehead atoms. The maximum atomic E-state index is 11.0. The molecule has 5 N–H and O–H groups in total. The van der Waals surface area contributed by atoms with E-state index < -0.39 is 41.5 Å². The number of ether oxygens (including phenoxy) is 1. The van der Waals surface area contributed by atoms with Gasteiger partial charge in [0.1, 0.15) is 24.6 Å². The minimum atomic E-state index is -4.20. The van der Waals surface area contributed by atoms with Gasteiger partial charge >= 0.3 is 10.3 Å². The molecule has 1 aliphatic heterocycles. The second kappa shape index (κ2) is 9.94. The van der Waals surface area contributed by atoms with Gasteiger partial charge in [-0.1, -0.05) is 32.6 Å². The van der Waals surface area contributed by atoms with Gasteiger partial charge in [0.2, 0.25) is 0 Å². The van der Waals surface area contributed by atoms with Gasteiger partial charge in [-0.05, 0) is 6.42 Å². The Morgan fingerprint density at radius 3 is 2.70 bits per heavy atom. The molecule has 0 radical (unpaired) electrons. The fourth-order valence-electron chi connectivity index (χ4n) is 3.36. The first-order valence-electron chi connectivity index (χ1n) is 9.92. The Morgan fingerprint density at radius 2 is 1.97 bits per heavy atom. The van der Waals surface area contributed by atoms with Crippen LogP contribution in [0.15, 0.2) is 12.7 Å². The monoisotopic (exact) mass is 444 g/mol. The van der Waals surface area contributed by atoms with Crippen molar-refractivity contribution >= 4 is 27.3 Å². The molecular weight excluding hydrogens is 416 g/mol. The van der Waals surface area contributed by atoms with E-state index in [2.05, 4.69) is 31.4 Å². The van der Waals surface area contributed by atoms with Crippen LogP contribution in [0.2, 0.25) is 0 Å². The zero-order valence-corrected chi connectivity index (χ0v) is 17.5. The summed E-state index contributed by atoms with van der Waals surface area (Å²) in [5.41, 5.74) is 0.906. The summed E-state index contributed by atoms with van der Waals surface area (Å²) in [5.74, 6) is 0.566. The van der Waals surface area contributed by atoms with Crippen molar-refractivity contribution in [3.05, 3.63) is 12.7 Å². The van der Waals surface area contributed by atoms with Gasteiger partial charge in [0.05, 0.1) is 12.9 Å². The molecule has 0 aliphatic carbocycles. The molecule has 4 atom stereocenters. The Kier molecular flexibility index (Phi) is 7.55. The van der Waals surface area contributed by atoms with Crippen LogP contribution < -0.4 is 10.5 Å². The molecular formula is C17H28N6O6S. The third-order valence-electron chi connectivity index (χ3n) is 4.94. The zero-order valence-electron chi connectivity index (χ0n) is 16.7. The molecule has 1 saturated heterocycles. The number of hydrogen-bond acceptors (Lipinski definition) is 10. The predicted octanol–water partition coefficient (Wildman–Crippen LogP) is 0.0479. The van der Waals surface area contributed by atoms with E-state index >= 15 is 0 Å². The smallest absolute Gasteiger partial charge is 0.333 e. The first-order valence-corrected chi connectivity index (χ1v) is 11.4. The summed E-state index contributed by atoms with van der Waals surface area (Å²) in [6, 6.07) is 0. The molecule has 0 unspecified atom stereocenters. The van der Waals surface area contributed by atoms with Crippen LogP contribution in [0.5, 0.6) is 0 Å². The minimum absolute atomic E-state index is 0.405. The van der Waals surface area contributed by atoms with Crippen molar-refractivity contribution in [3.63, 3.8) is 0 Å². The van der Waals surface area contributed by atoms with Gasteiger partial charge in [-0.15, -0.1) is 0 Å². The van der Waals surface area contributed by atoms with Crippen molar-refractivity contribution in [2.45, 2.75) is 63.6 Å². The van der Waals surface area contributed by atoms with Crippen molar-refractivity contribution < 1.29 is 27.6 Å². The predicted molar refractivity (Wildman–Crippen MR) is 108 cm³/mol. The van der Waals surface area contributed by atoms with Gasteiger partial charge in [0.15, 0.2) is 23.2 Å². The number of fused-ring (bicyclic) bond motifs is 1. The van der Waals surface area contributed by atoms with Crippen molar-refractivity contribution in [3.8, 4) is 0 Å². The van der Waals surface area contributed by atoms with Crippen LogP contribution in [-0.2, 0) is 19.2 Å². The summed E-state index contributed by atoms with van der Waals surface area (Å²) in [6.45, 7) is 2.39.